The highest BCUT2D eigenvalue weighted by molar-refractivity contribution is 7.85. The zero-order valence-electron chi connectivity index (χ0n) is 22.9. The highest BCUT2D eigenvalue weighted by atomic mass is 32.2. The Labute approximate surface area is 235 Å². The minimum Gasteiger partial charge on any atom is -0.494 e. The Kier molecular flexibility index (Phi) is 8.22. The highest BCUT2D eigenvalue weighted by Gasteiger charge is 2.47. The Hall–Kier alpha value is -2.95. The molecule has 8 nitrogen and oxygen atoms in total. The van der Waals surface area contributed by atoms with E-state index in [1.54, 1.807) is 0 Å². The molecule has 0 bridgehead atoms. The number of carbonyl (C=O) groups is 1. The average Bonchev–Trinajstić information content (AvgIpc) is 3.70. The van der Waals surface area contributed by atoms with Gasteiger partial charge in [0, 0.05) is 43.7 Å². The number of piperidine rings is 1. The molecule has 1 saturated carbocycles. The summed E-state index contributed by atoms with van der Waals surface area (Å²) in [5.74, 6) is 0.727. The third-order valence-corrected chi connectivity index (χ3v) is 8.89. The molecule has 40 heavy (non-hydrogen) atoms. The Balaban J connectivity index is 1.25. The maximum absolute atomic E-state index is 13.6. The van der Waals surface area contributed by atoms with E-state index < -0.39 is 21.8 Å². The van der Waals surface area contributed by atoms with Gasteiger partial charge in [0.2, 0.25) is 0 Å². The first kappa shape index (κ1) is 28.6. The molecule has 10 heteroatoms. The number of carbonyl (C=O) groups excluding carboxylic acids is 1. The fourth-order valence-corrected chi connectivity index (χ4v) is 6.26. The number of hydrogen-bond donors (Lipinski definition) is 1. The number of nitrogens with zero attached hydrogens (tertiary/aromatic N) is 2. The zero-order chi connectivity index (χ0) is 28.5. The van der Waals surface area contributed by atoms with Crippen molar-refractivity contribution in [1.82, 2.24) is 9.80 Å². The van der Waals surface area contributed by atoms with Crippen molar-refractivity contribution in [2.24, 2.45) is 0 Å². The molecule has 5 rings (SSSR count). The minimum atomic E-state index is -4.05. The molecule has 2 heterocycles. The zero-order valence-corrected chi connectivity index (χ0v) is 23.7. The standard InChI is InChI=1S/C30H37FN2O6S/c1-3-38-28-18-27(23-8-10-25(31)11-9-23)26(22-6-7-22)17-24(28)19-32-14-12-30(13-15-32)20-33(29(34)39-30)21(2)5-4-16-40(35,36)37/h8-11,17-18,22H,2-7,12-16,19-20H2,1H3,(H,35,36,37). The summed E-state index contributed by atoms with van der Waals surface area (Å²) in [6, 6.07) is 11.0. The fourth-order valence-electron chi connectivity index (χ4n) is 5.75. The van der Waals surface area contributed by atoms with Crippen molar-refractivity contribution in [3.05, 3.63) is 65.6 Å². The lowest BCUT2D eigenvalue weighted by molar-refractivity contribution is -0.00133. The van der Waals surface area contributed by atoms with Crippen molar-refractivity contribution >= 4 is 16.2 Å². The molecule has 2 aliphatic heterocycles. The summed E-state index contributed by atoms with van der Waals surface area (Å²) < 4.78 is 56.5. The Morgan fingerprint density at radius 1 is 1.20 bits per heavy atom. The second kappa shape index (κ2) is 11.5. The fraction of sp³-hybridized carbons (Fsp3) is 0.500. The molecule has 2 saturated heterocycles. The van der Waals surface area contributed by atoms with Crippen LogP contribution in [0.5, 0.6) is 5.75 Å². The second-order valence-corrected chi connectivity index (χ2v) is 12.7. The van der Waals surface area contributed by atoms with E-state index in [0.717, 1.165) is 54.9 Å². The van der Waals surface area contributed by atoms with Gasteiger partial charge < -0.3 is 9.47 Å². The van der Waals surface area contributed by atoms with E-state index in [1.165, 1.54) is 22.6 Å². The van der Waals surface area contributed by atoms with E-state index in [2.05, 4.69) is 23.6 Å². The maximum Gasteiger partial charge on any atom is 0.414 e. The lowest BCUT2D eigenvalue weighted by atomic mass is 9.90. The number of halogens is 1. The van der Waals surface area contributed by atoms with Gasteiger partial charge in [0.1, 0.15) is 17.2 Å². The molecule has 0 unspecified atom stereocenters. The minimum absolute atomic E-state index is 0.188. The summed E-state index contributed by atoms with van der Waals surface area (Å²) in [4.78, 5) is 16.5. The van der Waals surface area contributed by atoms with Crippen LogP contribution in [-0.4, -0.2) is 66.5 Å². The van der Waals surface area contributed by atoms with Crippen LogP contribution in [0.3, 0.4) is 0 Å². The number of rotatable bonds is 11. The summed E-state index contributed by atoms with van der Waals surface area (Å²) in [6.07, 6.45) is 3.69. The van der Waals surface area contributed by atoms with Crippen LogP contribution in [-0.2, 0) is 21.4 Å². The molecule has 0 atom stereocenters. The average molecular weight is 573 g/mol. The predicted molar refractivity (Wildman–Crippen MR) is 150 cm³/mol. The molecule has 3 fully saturated rings. The molecule has 0 radical (unpaired) electrons. The molecule has 2 aromatic carbocycles. The van der Waals surface area contributed by atoms with Gasteiger partial charge in [-0.15, -0.1) is 0 Å². The number of hydrogen-bond acceptors (Lipinski definition) is 6. The Bertz CT molecular complexity index is 1370. The topological polar surface area (TPSA) is 96.4 Å². The molecule has 3 aliphatic rings. The van der Waals surface area contributed by atoms with Crippen LogP contribution in [0.2, 0.25) is 0 Å². The monoisotopic (exact) mass is 572 g/mol. The number of likely N-dealkylation sites (tertiary alicyclic amines) is 1. The van der Waals surface area contributed by atoms with Crippen LogP contribution in [0, 0.1) is 5.82 Å². The molecule has 1 amide bonds. The molecule has 2 aromatic rings. The third kappa shape index (κ3) is 6.67. The largest absolute Gasteiger partial charge is 0.494 e. The van der Waals surface area contributed by atoms with Crippen molar-refractivity contribution in [1.29, 1.82) is 0 Å². The summed E-state index contributed by atoms with van der Waals surface area (Å²) in [7, 11) is -4.05. The molecule has 0 aromatic heterocycles. The van der Waals surface area contributed by atoms with E-state index in [1.807, 2.05) is 19.1 Å². The van der Waals surface area contributed by atoms with Crippen molar-refractivity contribution in [3.63, 3.8) is 0 Å². The quantitative estimate of drug-likeness (QED) is 0.343. The lowest BCUT2D eigenvalue weighted by Crippen LogP contribution is -2.46. The van der Waals surface area contributed by atoms with Gasteiger partial charge >= 0.3 is 6.09 Å². The first-order valence-electron chi connectivity index (χ1n) is 14.0. The first-order chi connectivity index (χ1) is 19.1. The summed E-state index contributed by atoms with van der Waals surface area (Å²) >= 11 is 0. The molecule has 1 N–H and O–H groups in total. The van der Waals surface area contributed by atoms with E-state index in [4.69, 9.17) is 14.0 Å². The SMILES string of the molecule is C=C(CCCS(=O)(=O)O)N1CC2(CCN(Cc3cc(C4CC4)c(-c4ccc(F)cc4)cc3OCC)CC2)OC1=O. The van der Waals surface area contributed by atoms with Crippen molar-refractivity contribution in [3.8, 4) is 16.9 Å². The van der Waals surface area contributed by atoms with Crippen LogP contribution in [0.1, 0.15) is 62.5 Å². The van der Waals surface area contributed by atoms with Gasteiger partial charge in [-0.05, 0) is 79.5 Å². The number of allylic oxidation sites excluding steroid dienone is 1. The van der Waals surface area contributed by atoms with Crippen molar-refractivity contribution < 1.29 is 31.6 Å². The Morgan fingerprint density at radius 3 is 2.52 bits per heavy atom. The summed E-state index contributed by atoms with van der Waals surface area (Å²) in [5.41, 5.74) is 4.41. The second-order valence-electron chi connectivity index (χ2n) is 11.1. The smallest absolute Gasteiger partial charge is 0.414 e. The van der Waals surface area contributed by atoms with Crippen molar-refractivity contribution in [2.75, 3.05) is 32.0 Å². The van der Waals surface area contributed by atoms with E-state index in [-0.39, 0.29) is 24.4 Å². The van der Waals surface area contributed by atoms with Crippen LogP contribution in [0.4, 0.5) is 9.18 Å². The van der Waals surface area contributed by atoms with Crippen LogP contribution in [0.25, 0.3) is 11.1 Å². The number of amides is 1. The first-order valence-corrected chi connectivity index (χ1v) is 15.6. The molecular weight excluding hydrogens is 535 g/mol. The van der Waals surface area contributed by atoms with Crippen LogP contribution >= 0.6 is 0 Å². The van der Waals surface area contributed by atoms with Crippen LogP contribution in [0.15, 0.2) is 48.7 Å². The molecule has 1 aliphatic carbocycles. The van der Waals surface area contributed by atoms with Crippen LogP contribution < -0.4 is 4.74 Å². The van der Waals surface area contributed by atoms with E-state index >= 15 is 0 Å². The molecule has 1 spiro atoms. The molecule has 216 valence electrons. The summed E-state index contributed by atoms with van der Waals surface area (Å²) in [6.45, 7) is 9.08. The lowest BCUT2D eigenvalue weighted by Gasteiger charge is -2.37. The normalized spacial score (nSPS) is 19.2. The van der Waals surface area contributed by atoms with Gasteiger partial charge in [0.25, 0.3) is 10.1 Å². The van der Waals surface area contributed by atoms with Gasteiger partial charge in [0.05, 0.1) is 18.9 Å². The number of benzene rings is 2. The summed E-state index contributed by atoms with van der Waals surface area (Å²) in [5, 5.41) is 0. The van der Waals surface area contributed by atoms with E-state index in [0.29, 0.717) is 37.6 Å². The maximum atomic E-state index is 13.6. The van der Waals surface area contributed by atoms with Gasteiger partial charge in [0.15, 0.2) is 0 Å². The number of ether oxygens (including phenoxy) is 2. The van der Waals surface area contributed by atoms with Gasteiger partial charge in [-0.1, -0.05) is 18.7 Å². The third-order valence-electron chi connectivity index (χ3n) is 8.09. The van der Waals surface area contributed by atoms with Gasteiger partial charge in [-0.3, -0.25) is 14.4 Å². The van der Waals surface area contributed by atoms with Gasteiger partial charge in [-0.2, -0.15) is 8.42 Å². The van der Waals surface area contributed by atoms with Crippen molar-refractivity contribution in [2.45, 2.75) is 63.5 Å². The molecular formula is C30H37FN2O6S. The van der Waals surface area contributed by atoms with Gasteiger partial charge in [-0.25, -0.2) is 9.18 Å². The van der Waals surface area contributed by atoms with E-state index in [9.17, 15) is 17.6 Å². The highest BCUT2D eigenvalue weighted by Crippen LogP contribution is 2.47. The Morgan fingerprint density at radius 2 is 1.90 bits per heavy atom. The predicted octanol–water partition coefficient (Wildman–Crippen LogP) is 5.74.